The Balaban J connectivity index is 2.31. The predicted octanol–water partition coefficient (Wildman–Crippen LogP) is 1.31. The van der Waals surface area contributed by atoms with Gasteiger partial charge < -0.3 is 15.7 Å². The monoisotopic (exact) mass is 306 g/mol. The van der Waals surface area contributed by atoms with Gasteiger partial charge in [0.2, 0.25) is 11.8 Å². The van der Waals surface area contributed by atoms with Gasteiger partial charge in [0.05, 0.1) is 0 Å². The van der Waals surface area contributed by atoms with Crippen molar-refractivity contribution in [1.29, 1.82) is 0 Å². The Bertz CT molecular complexity index is 514. The van der Waals surface area contributed by atoms with Crippen LogP contribution < -0.4 is 10.6 Å². The van der Waals surface area contributed by atoms with E-state index in [1.165, 1.54) is 0 Å². The number of rotatable bonds is 8. The zero-order valence-electron chi connectivity index (χ0n) is 12.8. The number of carboxylic acids is 1. The van der Waals surface area contributed by atoms with Crippen LogP contribution in [-0.2, 0) is 20.9 Å². The molecule has 1 unspecified atom stereocenters. The first-order chi connectivity index (χ1) is 10.4. The first-order valence-corrected chi connectivity index (χ1v) is 7.23. The number of nitrogens with one attached hydrogen (secondary N) is 2. The second-order valence-corrected chi connectivity index (χ2v) is 5.39. The van der Waals surface area contributed by atoms with Gasteiger partial charge in [-0.2, -0.15) is 0 Å². The zero-order valence-corrected chi connectivity index (χ0v) is 12.8. The second-order valence-electron chi connectivity index (χ2n) is 5.39. The summed E-state index contributed by atoms with van der Waals surface area (Å²) in [5.41, 5.74) is 0.978. The van der Waals surface area contributed by atoms with E-state index in [-0.39, 0.29) is 24.7 Å². The molecule has 22 heavy (non-hydrogen) atoms. The summed E-state index contributed by atoms with van der Waals surface area (Å²) in [6.45, 7) is 3.84. The summed E-state index contributed by atoms with van der Waals surface area (Å²) in [4.78, 5) is 34.3. The highest BCUT2D eigenvalue weighted by Crippen LogP contribution is 2.03. The number of benzene rings is 1. The van der Waals surface area contributed by atoms with Gasteiger partial charge >= 0.3 is 5.97 Å². The Labute approximate surface area is 129 Å². The van der Waals surface area contributed by atoms with Crippen LogP contribution in [0.5, 0.6) is 0 Å². The van der Waals surface area contributed by atoms with Crippen molar-refractivity contribution >= 4 is 17.8 Å². The van der Waals surface area contributed by atoms with E-state index >= 15 is 0 Å². The van der Waals surface area contributed by atoms with E-state index in [0.29, 0.717) is 6.54 Å². The largest absolute Gasteiger partial charge is 0.480 e. The maximum Gasteiger partial charge on any atom is 0.326 e. The third-order valence-corrected chi connectivity index (χ3v) is 3.16. The fraction of sp³-hybridized carbons (Fsp3) is 0.438. The Hall–Kier alpha value is -2.37. The molecule has 0 fully saturated rings. The van der Waals surface area contributed by atoms with Gasteiger partial charge in [-0.05, 0) is 11.5 Å². The smallest absolute Gasteiger partial charge is 0.326 e. The molecule has 1 atom stereocenters. The SMILES string of the molecule is CC(C)C(NC(=O)CCC(=O)NCc1ccccc1)C(=O)O. The number of hydrogen-bond donors (Lipinski definition) is 3. The van der Waals surface area contributed by atoms with Gasteiger partial charge in [0, 0.05) is 19.4 Å². The van der Waals surface area contributed by atoms with Crippen LogP contribution in [0.25, 0.3) is 0 Å². The van der Waals surface area contributed by atoms with E-state index < -0.39 is 17.9 Å². The van der Waals surface area contributed by atoms with Gasteiger partial charge in [0.15, 0.2) is 0 Å². The van der Waals surface area contributed by atoms with Gasteiger partial charge in [-0.1, -0.05) is 44.2 Å². The Morgan fingerprint density at radius 1 is 1.05 bits per heavy atom. The summed E-state index contributed by atoms with van der Waals surface area (Å²) in [5, 5.41) is 14.1. The van der Waals surface area contributed by atoms with Crippen LogP contribution in [0.3, 0.4) is 0 Å². The third kappa shape index (κ3) is 6.39. The zero-order chi connectivity index (χ0) is 16.5. The number of hydrogen-bond acceptors (Lipinski definition) is 3. The molecule has 6 heteroatoms. The lowest BCUT2D eigenvalue weighted by molar-refractivity contribution is -0.143. The molecule has 3 N–H and O–H groups in total. The minimum Gasteiger partial charge on any atom is -0.480 e. The molecule has 0 aromatic heterocycles. The van der Waals surface area contributed by atoms with E-state index in [4.69, 9.17) is 5.11 Å². The van der Waals surface area contributed by atoms with Gasteiger partial charge in [0.1, 0.15) is 6.04 Å². The molecule has 0 heterocycles. The fourth-order valence-corrected chi connectivity index (χ4v) is 1.87. The average molecular weight is 306 g/mol. The van der Waals surface area contributed by atoms with E-state index in [0.717, 1.165) is 5.56 Å². The van der Waals surface area contributed by atoms with Crippen molar-refractivity contribution in [3.63, 3.8) is 0 Å². The summed E-state index contributed by atoms with van der Waals surface area (Å²) >= 11 is 0. The first kappa shape index (κ1) is 17.7. The molecule has 0 bridgehead atoms. The summed E-state index contributed by atoms with van der Waals surface area (Å²) in [6.07, 6.45) is 0.000222. The van der Waals surface area contributed by atoms with Crippen molar-refractivity contribution in [3.8, 4) is 0 Å². The Morgan fingerprint density at radius 3 is 2.18 bits per heavy atom. The Kier molecular flexibility index (Phi) is 7.08. The number of amides is 2. The number of carbonyl (C=O) groups is 3. The molecule has 1 aromatic rings. The maximum atomic E-state index is 11.7. The van der Waals surface area contributed by atoms with Crippen LogP contribution in [-0.4, -0.2) is 28.9 Å². The summed E-state index contributed by atoms with van der Waals surface area (Å²) in [6, 6.07) is 8.52. The molecule has 0 saturated heterocycles. The lowest BCUT2D eigenvalue weighted by atomic mass is 10.0. The number of carboxylic acid groups (broad SMARTS) is 1. The second kappa shape index (κ2) is 8.81. The molecular weight excluding hydrogens is 284 g/mol. The quantitative estimate of drug-likeness (QED) is 0.675. The van der Waals surface area contributed by atoms with Crippen LogP contribution in [0, 0.1) is 5.92 Å². The van der Waals surface area contributed by atoms with E-state index in [9.17, 15) is 14.4 Å². The van der Waals surface area contributed by atoms with Crippen molar-refractivity contribution in [2.45, 2.75) is 39.3 Å². The molecule has 6 nitrogen and oxygen atoms in total. The molecule has 0 spiro atoms. The van der Waals surface area contributed by atoms with E-state index in [1.54, 1.807) is 13.8 Å². The minimum absolute atomic E-state index is 0.0306. The lowest BCUT2D eigenvalue weighted by Crippen LogP contribution is -2.44. The van der Waals surface area contributed by atoms with Crippen LogP contribution in [0.1, 0.15) is 32.3 Å². The maximum absolute atomic E-state index is 11.7. The van der Waals surface area contributed by atoms with Crippen LogP contribution in [0.15, 0.2) is 30.3 Å². The van der Waals surface area contributed by atoms with Gasteiger partial charge in [-0.15, -0.1) is 0 Å². The first-order valence-electron chi connectivity index (χ1n) is 7.23. The number of aliphatic carboxylic acids is 1. The summed E-state index contributed by atoms with van der Waals surface area (Å²) < 4.78 is 0. The van der Waals surface area contributed by atoms with Crippen molar-refractivity contribution < 1.29 is 19.5 Å². The van der Waals surface area contributed by atoms with Crippen LogP contribution in [0.2, 0.25) is 0 Å². The highest BCUT2D eigenvalue weighted by Gasteiger charge is 2.23. The molecule has 1 aromatic carbocycles. The van der Waals surface area contributed by atoms with Gasteiger partial charge in [0.25, 0.3) is 0 Å². The van der Waals surface area contributed by atoms with Crippen molar-refractivity contribution in [1.82, 2.24) is 10.6 Å². The van der Waals surface area contributed by atoms with Crippen molar-refractivity contribution in [3.05, 3.63) is 35.9 Å². The number of carbonyl (C=O) groups excluding carboxylic acids is 2. The molecule has 2 amide bonds. The molecule has 0 saturated carbocycles. The fourth-order valence-electron chi connectivity index (χ4n) is 1.87. The highest BCUT2D eigenvalue weighted by molar-refractivity contribution is 5.87. The third-order valence-electron chi connectivity index (χ3n) is 3.16. The normalized spacial score (nSPS) is 11.8. The molecule has 0 aliphatic heterocycles. The molecule has 0 aliphatic carbocycles. The van der Waals surface area contributed by atoms with E-state index in [1.807, 2.05) is 30.3 Å². The molecular formula is C16H22N2O4. The lowest BCUT2D eigenvalue weighted by Gasteiger charge is -2.17. The molecule has 120 valence electrons. The summed E-state index contributed by atoms with van der Waals surface area (Å²) in [5.74, 6) is -1.96. The average Bonchev–Trinajstić information content (AvgIpc) is 2.49. The highest BCUT2D eigenvalue weighted by atomic mass is 16.4. The van der Waals surface area contributed by atoms with Crippen LogP contribution >= 0.6 is 0 Å². The molecule has 0 radical (unpaired) electrons. The molecule has 1 rings (SSSR count). The molecule has 0 aliphatic rings. The van der Waals surface area contributed by atoms with Crippen molar-refractivity contribution in [2.24, 2.45) is 5.92 Å². The predicted molar refractivity (Wildman–Crippen MR) is 81.9 cm³/mol. The van der Waals surface area contributed by atoms with Gasteiger partial charge in [-0.25, -0.2) is 4.79 Å². The standard InChI is InChI=1S/C16H22N2O4/c1-11(2)15(16(21)22)18-14(20)9-8-13(19)17-10-12-6-4-3-5-7-12/h3-7,11,15H,8-10H2,1-2H3,(H,17,19)(H,18,20)(H,21,22). The van der Waals surface area contributed by atoms with Gasteiger partial charge in [-0.3, -0.25) is 9.59 Å². The summed E-state index contributed by atoms with van der Waals surface area (Å²) in [7, 11) is 0. The van der Waals surface area contributed by atoms with E-state index in [2.05, 4.69) is 10.6 Å². The minimum atomic E-state index is -1.07. The van der Waals surface area contributed by atoms with Crippen molar-refractivity contribution in [2.75, 3.05) is 0 Å². The Morgan fingerprint density at radius 2 is 1.64 bits per heavy atom. The van der Waals surface area contributed by atoms with Crippen LogP contribution in [0.4, 0.5) is 0 Å². The topological polar surface area (TPSA) is 95.5 Å².